The molecule has 0 unspecified atom stereocenters. The molecule has 0 bridgehead atoms. The third-order valence-corrected chi connectivity index (χ3v) is 4.49. The molecule has 0 aliphatic carbocycles. The van der Waals surface area contributed by atoms with E-state index in [1.54, 1.807) is 0 Å². The van der Waals surface area contributed by atoms with E-state index >= 15 is 0 Å². The molecule has 0 radical (unpaired) electrons. The third-order valence-electron chi connectivity index (χ3n) is 2.00. The quantitative estimate of drug-likeness (QED) is 0.287. The van der Waals surface area contributed by atoms with Crippen molar-refractivity contribution in [3.63, 3.8) is 0 Å². The molecule has 0 atom stereocenters. The summed E-state index contributed by atoms with van der Waals surface area (Å²) in [5, 5.41) is 0. The highest BCUT2D eigenvalue weighted by Gasteiger charge is 2.40. The van der Waals surface area contributed by atoms with Gasteiger partial charge in [-0.15, -0.1) is 0 Å². The van der Waals surface area contributed by atoms with Gasteiger partial charge in [0, 0.05) is 0 Å². The zero-order valence-electron chi connectivity index (χ0n) is 13.5. The number of hydrogen-bond donors (Lipinski definition) is 0. The molecule has 0 aromatic heterocycles. The standard InChI is InChI=1S/C6H14N.C4H6F6O7P2/c1-2-3-4-5-6-7;5-3(6,7)1-15-19(14,17-18(11,12)13)16-2-4(8,9)10/h7H,2-6H2,1H3;1-2H2,(H2,11,12,13)/q-1;/p-2. The molecule has 0 aromatic rings. The summed E-state index contributed by atoms with van der Waals surface area (Å²) in [6.07, 6.45) is -5.42. The molecule has 0 aromatic carbocycles. The number of rotatable bonds is 10. The maximum absolute atomic E-state index is 11.7. The number of unbranched alkanes of at least 4 members (excludes halogenated alkanes) is 3. The van der Waals surface area contributed by atoms with Crippen LogP contribution in [0.3, 0.4) is 0 Å². The Morgan fingerprint density at radius 3 is 1.58 bits per heavy atom. The van der Waals surface area contributed by atoms with Gasteiger partial charge >= 0.3 is 20.2 Å². The summed E-state index contributed by atoms with van der Waals surface area (Å²) in [6.45, 7) is -2.09. The van der Waals surface area contributed by atoms with E-state index < -0.39 is 41.2 Å². The van der Waals surface area contributed by atoms with E-state index in [1.807, 2.05) is 0 Å². The Labute approximate surface area is 145 Å². The molecule has 1 N–H and O–H groups in total. The Morgan fingerprint density at radius 2 is 1.31 bits per heavy atom. The van der Waals surface area contributed by atoms with E-state index in [9.17, 15) is 45.3 Å². The van der Waals surface area contributed by atoms with E-state index in [-0.39, 0.29) is 0 Å². The number of halogens is 6. The van der Waals surface area contributed by atoms with Crippen molar-refractivity contribution in [3.8, 4) is 0 Å². The zero-order valence-corrected chi connectivity index (χ0v) is 15.3. The van der Waals surface area contributed by atoms with Gasteiger partial charge in [0.2, 0.25) is 0 Å². The van der Waals surface area contributed by atoms with Crippen LogP contribution in [0.5, 0.6) is 0 Å². The highest BCUT2D eigenvalue weighted by molar-refractivity contribution is 7.60. The Kier molecular flexibility index (Phi) is 13.2. The van der Waals surface area contributed by atoms with Gasteiger partial charge < -0.3 is 20.1 Å². The summed E-state index contributed by atoms with van der Waals surface area (Å²) in [5.41, 5.74) is 6.78. The van der Waals surface area contributed by atoms with Gasteiger partial charge in [0.05, 0.1) is 7.82 Å². The van der Waals surface area contributed by atoms with Crippen molar-refractivity contribution in [3.05, 3.63) is 5.73 Å². The minimum atomic E-state index is -6.20. The molecular formula is C10H18F6NO7P2-3. The largest absolute Gasteiger partial charge is 0.789 e. The number of hydrogen-bond acceptors (Lipinski definition) is 7. The van der Waals surface area contributed by atoms with Crippen LogP contribution < -0.4 is 9.79 Å². The maximum atomic E-state index is 11.7. The van der Waals surface area contributed by atoms with E-state index in [4.69, 9.17) is 5.73 Å². The fourth-order valence-corrected chi connectivity index (χ4v) is 3.10. The molecule has 0 aliphatic rings. The van der Waals surface area contributed by atoms with Crippen molar-refractivity contribution in [1.82, 2.24) is 0 Å². The lowest BCUT2D eigenvalue weighted by atomic mass is 10.2. The highest BCUT2D eigenvalue weighted by Crippen LogP contribution is 2.59. The van der Waals surface area contributed by atoms with Crippen molar-refractivity contribution in [2.75, 3.05) is 19.8 Å². The fraction of sp³-hybridized carbons (Fsp3) is 1.00. The average Bonchev–Trinajstić information content (AvgIpc) is 2.42. The summed E-state index contributed by atoms with van der Waals surface area (Å²) < 4.78 is 101. The Bertz CT molecular complexity index is 442. The van der Waals surface area contributed by atoms with E-state index in [2.05, 4.69) is 20.3 Å². The minimum Gasteiger partial charge on any atom is -0.789 e. The van der Waals surface area contributed by atoms with Gasteiger partial charge in [0.15, 0.2) is 13.2 Å². The summed E-state index contributed by atoms with van der Waals surface area (Å²) in [6, 6.07) is 0. The number of nitrogens with one attached hydrogen (secondary N) is 1. The lowest BCUT2D eigenvalue weighted by molar-refractivity contribution is -0.335. The molecule has 0 aliphatic heterocycles. The van der Waals surface area contributed by atoms with E-state index in [0.29, 0.717) is 6.54 Å². The van der Waals surface area contributed by atoms with Gasteiger partial charge in [-0.2, -0.15) is 32.9 Å². The monoisotopic (exact) mass is 440 g/mol. The minimum absolute atomic E-state index is 0.611. The summed E-state index contributed by atoms with van der Waals surface area (Å²) >= 11 is 0. The molecule has 0 amide bonds. The second-order valence-electron chi connectivity index (χ2n) is 4.56. The third kappa shape index (κ3) is 21.8. The van der Waals surface area contributed by atoms with Crippen LogP contribution in [0.4, 0.5) is 26.3 Å². The smallest absolute Gasteiger partial charge is 0.479 e. The van der Waals surface area contributed by atoms with Gasteiger partial charge in [0.1, 0.15) is 0 Å². The molecule has 16 heteroatoms. The first-order valence-electron chi connectivity index (χ1n) is 6.94. The van der Waals surface area contributed by atoms with Gasteiger partial charge in [-0.25, -0.2) is 4.57 Å². The number of alkyl halides is 6. The van der Waals surface area contributed by atoms with Crippen LogP contribution in [0.2, 0.25) is 0 Å². The van der Waals surface area contributed by atoms with Crippen molar-refractivity contribution >= 4 is 15.6 Å². The molecule has 8 nitrogen and oxygen atoms in total. The van der Waals surface area contributed by atoms with Crippen molar-refractivity contribution < 1.29 is 58.6 Å². The topological polar surface area (TPSA) is 132 Å². The molecular weight excluding hydrogens is 422 g/mol. The molecule has 0 spiro atoms. The van der Waals surface area contributed by atoms with Crippen molar-refractivity contribution in [2.24, 2.45) is 0 Å². The van der Waals surface area contributed by atoms with Crippen LogP contribution in [0.15, 0.2) is 0 Å². The first-order valence-corrected chi connectivity index (χ1v) is 9.86. The molecule has 26 heavy (non-hydrogen) atoms. The molecule has 0 saturated heterocycles. The van der Waals surface area contributed by atoms with Crippen LogP contribution in [-0.2, 0) is 22.5 Å². The predicted molar refractivity (Wildman–Crippen MR) is 73.6 cm³/mol. The number of phosphoric acid groups is 2. The van der Waals surface area contributed by atoms with Gasteiger partial charge in [-0.3, -0.25) is 13.4 Å². The summed E-state index contributed by atoms with van der Waals surface area (Å²) in [7, 11) is -12.1. The van der Waals surface area contributed by atoms with Gasteiger partial charge in [-0.1, -0.05) is 32.6 Å². The number of phosphoric ester groups is 1. The van der Waals surface area contributed by atoms with Crippen LogP contribution in [0.1, 0.15) is 32.6 Å². The maximum Gasteiger partial charge on any atom is 0.479 e. The lowest BCUT2D eigenvalue weighted by Crippen LogP contribution is -2.23. The molecule has 160 valence electrons. The first-order chi connectivity index (χ1) is 11.5. The van der Waals surface area contributed by atoms with Gasteiger partial charge in [0.25, 0.3) is 0 Å². The second-order valence-corrected chi connectivity index (χ2v) is 7.52. The first kappa shape index (κ1) is 28.0. The fourth-order valence-electron chi connectivity index (χ4n) is 1.06. The molecule has 0 rings (SSSR count). The predicted octanol–water partition coefficient (Wildman–Crippen LogP) is 3.72. The van der Waals surface area contributed by atoms with Crippen molar-refractivity contribution in [2.45, 2.75) is 45.0 Å². The lowest BCUT2D eigenvalue weighted by Gasteiger charge is -2.31. The second kappa shape index (κ2) is 12.3. The Hall–Kier alpha value is -0.200. The van der Waals surface area contributed by atoms with Crippen molar-refractivity contribution in [1.29, 1.82) is 0 Å². The highest BCUT2D eigenvalue weighted by atomic mass is 31.3. The molecule has 0 fully saturated rings. The van der Waals surface area contributed by atoms with E-state index in [1.165, 1.54) is 19.3 Å². The summed E-state index contributed by atoms with van der Waals surface area (Å²) in [5.74, 6) is 0. The van der Waals surface area contributed by atoms with Crippen LogP contribution >= 0.6 is 15.6 Å². The van der Waals surface area contributed by atoms with E-state index in [0.717, 1.165) is 6.42 Å². The Balaban J connectivity index is 0. The SMILES string of the molecule is CCCCCC[NH-].O=P([O-])([O-])OP(=O)(OCC(F)(F)F)OCC(F)(F)F. The van der Waals surface area contributed by atoms with Crippen LogP contribution in [0.25, 0.3) is 5.73 Å². The normalized spacial score (nSPS) is 13.3. The molecule has 0 heterocycles. The van der Waals surface area contributed by atoms with Gasteiger partial charge in [-0.05, 0) is 0 Å². The Morgan fingerprint density at radius 1 is 0.885 bits per heavy atom. The van der Waals surface area contributed by atoms with Crippen LogP contribution in [0, 0.1) is 0 Å². The van der Waals surface area contributed by atoms with Crippen LogP contribution in [-0.4, -0.2) is 32.1 Å². The molecule has 0 saturated carbocycles. The zero-order chi connectivity index (χ0) is 21.1. The summed E-state index contributed by atoms with van der Waals surface area (Å²) in [4.78, 5) is 20.1. The average molecular weight is 440 g/mol.